The van der Waals surface area contributed by atoms with Crippen molar-refractivity contribution in [3.8, 4) is 0 Å². The molecule has 1 aliphatic carbocycles. The maximum absolute atomic E-state index is 12.8. The SMILES string of the molecule is CCCc1nc([C@@H]2CN(C(=O)c3ccnc(C4CC4)n3)CCO2)n[nH]1. The molecule has 1 saturated carbocycles. The molecule has 132 valence electrons. The predicted octanol–water partition coefficient (Wildman–Crippen LogP) is 1.64. The third-order valence-corrected chi connectivity index (χ3v) is 4.51. The van der Waals surface area contributed by atoms with Crippen LogP contribution in [0.25, 0.3) is 0 Å². The number of hydrogen-bond donors (Lipinski definition) is 1. The fourth-order valence-electron chi connectivity index (χ4n) is 2.99. The van der Waals surface area contributed by atoms with Gasteiger partial charge in [-0.15, -0.1) is 0 Å². The Morgan fingerprint density at radius 2 is 2.24 bits per heavy atom. The molecule has 0 unspecified atom stereocenters. The largest absolute Gasteiger partial charge is 0.366 e. The number of aromatic amines is 1. The second kappa shape index (κ2) is 6.87. The first-order valence-corrected chi connectivity index (χ1v) is 8.89. The topological polar surface area (TPSA) is 96.9 Å². The minimum absolute atomic E-state index is 0.0816. The summed E-state index contributed by atoms with van der Waals surface area (Å²) in [6.45, 7) is 3.54. The number of aromatic nitrogens is 5. The Bertz CT molecular complexity index is 757. The van der Waals surface area contributed by atoms with Gasteiger partial charge in [0.25, 0.3) is 5.91 Å². The van der Waals surface area contributed by atoms with Crippen LogP contribution in [0.2, 0.25) is 0 Å². The summed E-state index contributed by atoms with van der Waals surface area (Å²) in [4.78, 5) is 27.8. The monoisotopic (exact) mass is 342 g/mol. The maximum Gasteiger partial charge on any atom is 0.272 e. The van der Waals surface area contributed by atoms with Crippen molar-refractivity contribution in [1.82, 2.24) is 30.0 Å². The molecule has 8 heteroatoms. The lowest BCUT2D eigenvalue weighted by molar-refractivity contribution is -0.0268. The number of aryl methyl sites for hydroxylation is 1. The summed E-state index contributed by atoms with van der Waals surface area (Å²) in [5.41, 5.74) is 0.458. The molecule has 0 spiro atoms. The molecule has 8 nitrogen and oxygen atoms in total. The molecule has 0 radical (unpaired) electrons. The second-order valence-corrected chi connectivity index (χ2v) is 6.58. The van der Waals surface area contributed by atoms with E-state index in [-0.39, 0.29) is 12.0 Å². The maximum atomic E-state index is 12.8. The number of ether oxygens (including phenoxy) is 1. The second-order valence-electron chi connectivity index (χ2n) is 6.58. The van der Waals surface area contributed by atoms with Crippen molar-refractivity contribution < 1.29 is 9.53 Å². The van der Waals surface area contributed by atoms with E-state index in [0.717, 1.165) is 37.3 Å². The molecule has 0 bridgehead atoms. The van der Waals surface area contributed by atoms with E-state index < -0.39 is 0 Å². The van der Waals surface area contributed by atoms with Gasteiger partial charge in [0.15, 0.2) is 5.82 Å². The van der Waals surface area contributed by atoms with Crippen LogP contribution < -0.4 is 0 Å². The van der Waals surface area contributed by atoms with Crippen LogP contribution in [0.3, 0.4) is 0 Å². The Labute approximate surface area is 146 Å². The van der Waals surface area contributed by atoms with Crippen molar-refractivity contribution in [3.05, 3.63) is 35.4 Å². The molecular weight excluding hydrogens is 320 g/mol. The Morgan fingerprint density at radius 1 is 1.36 bits per heavy atom. The zero-order valence-corrected chi connectivity index (χ0v) is 14.3. The van der Waals surface area contributed by atoms with Gasteiger partial charge in [-0.1, -0.05) is 6.92 Å². The number of hydrogen-bond acceptors (Lipinski definition) is 6. The van der Waals surface area contributed by atoms with E-state index in [0.29, 0.717) is 37.1 Å². The first kappa shape index (κ1) is 16.1. The highest BCUT2D eigenvalue weighted by molar-refractivity contribution is 5.92. The van der Waals surface area contributed by atoms with Gasteiger partial charge < -0.3 is 9.64 Å². The van der Waals surface area contributed by atoms with E-state index in [2.05, 4.69) is 32.1 Å². The summed E-state index contributed by atoms with van der Waals surface area (Å²) in [6, 6.07) is 1.69. The lowest BCUT2D eigenvalue weighted by Crippen LogP contribution is -2.43. The van der Waals surface area contributed by atoms with Gasteiger partial charge in [0.1, 0.15) is 23.4 Å². The van der Waals surface area contributed by atoms with E-state index in [1.165, 1.54) is 0 Å². The third kappa shape index (κ3) is 3.53. The zero-order chi connectivity index (χ0) is 17.2. The Balaban J connectivity index is 1.46. The predicted molar refractivity (Wildman–Crippen MR) is 89.0 cm³/mol. The molecule has 3 heterocycles. The van der Waals surface area contributed by atoms with Crippen molar-refractivity contribution in [3.63, 3.8) is 0 Å². The van der Waals surface area contributed by atoms with Gasteiger partial charge in [-0.05, 0) is 25.3 Å². The number of carbonyl (C=O) groups is 1. The standard InChI is InChI=1S/C17H22N6O2/c1-2-3-14-20-16(22-21-14)13-10-23(8-9-25-13)17(24)12-6-7-18-15(19-12)11-4-5-11/h6-7,11,13H,2-5,8-10H2,1H3,(H,20,21,22)/t13-/m0/s1. The van der Waals surface area contributed by atoms with Crippen LogP contribution in [0.5, 0.6) is 0 Å². The summed E-state index contributed by atoms with van der Waals surface area (Å²) in [6.07, 6.45) is 5.46. The highest BCUT2D eigenvalue weighted by Crippen LogP contribution is 2.37. The van der Waals surface area contributed by atoms with Gasteiger partial charge in [0.05, 0.1) is 13.2 Å². The summed E-state index contributed by atoms with van der Waals surface area (Å²) in [5.74, 6) is 2.60. The fraction of sp³-hybridized carbons (Fsp3) is 0.588. The zero-order valence-electron chi connectivity index (χ0n) is 14.3. The number of nitrogens with zero attached hydrogens (tertiary/aromatic N) is 5. The van der Waals surface area contributed by atoms with E-state index in [1.54, 1.807) is 17.2 Å². The van der Waals surface area contributed by atoms with Crippen LogP contribution in [0.15, 0.2) is 12.3 Å². The van der Waals surface area contributed by atoms with Crippen LogP contribution in [-0.4, -0.2) is 55.7 Å². The highest BCUT2D eigenvalue weighted by Gasteiger charge is 2.31. The van der Waals surface area contributed by atoms with Crippen molar-refractivity contribution in [2.45, 2.75) is 44.6 Å². The van der Waals surface area contributed by atoms with Gasteiger partial charge in [-0.25, -0.2) is 15.0 Å². The van der Waals surface area contributed by atoms with Crippen LogP contribution >= 0.6 is 0 Å². The number of rotatable bonds is 5. The van der Waals surface area contributed by atoms with Gasteiger partial charge >= 0.3 is 0 Å². The summed E-state index contributed by atoms with van der Waals surface area (Å²) < 4.78 is 5.77. The van der Waals surface area contributed by atoms with Crippen LogP contribution in [0.4, 0.5) is 0 Å². The number of H-pyrrole nitrogens is 1. The van der Waals surface area contributed by atoms with Crippen molar-refractivity contribution in [1.29, 1.82) is 0 Å². The van der Waals surface area contributed by atoms with E-state index >= 15 is 0 Å². The van der Waals surface area contributed by atoms with Crippen molar-refractivity contribution in [2.75, 3.05) is 19.7 Å². The van der Waals surface area contributed by atoms with Gasteiger partial charge in [-0.3, -0.25) is 9.89 Å². The van der Waals surface area contributed by atoms with Gasteiger partial charge in [0.2, 0.25) is 0 Å². The Hall–Kier alpha value is -2.35. The van der Waals surface area contributed by atoms with Gasteiger partial charge in [0, 0.05) is 25.1 Å². The minimum Gasteiger partial charge on any atom is -0.366 e. The number of morpholine rings is 1. The molecule has 1 saturated heterocycles. The molecule has 1 atom stereocenters. The Morgan fingerprint density at radius 3 is 3.04 bits per heavy atom. The number of carbonyl (C=O) groups excluding carboxylic acids is 1. The van der Waals surface area contributed by atoms with Crippen LogP contribution in [0.1, 0.15) is 66.2 Å². The molecule has 25 heavy (non-hydrogen) atoms. The average Bonchev–Trinajstić information content (AvgIpc) is 3.41. The number of nitrogens with one attached hydrogen (secondary N) is 1. The first-order valence-electron chi connectivity index (χ1n) is 8.89. The molecule has 1 N–H and O–H groups in total. The van der Waals surface area contributed by atoms with E-state index in [1.807, 2.05) is 0 Å². The average molecular weight is 342 g/mol. The highest BCUT2D eigenvalue weighted by atomic mass is 16.5. The minimum atomic E-state index is -0.302. The molecule has 1 amide bonds. The van der Waals surface area contributed by atoms with Gasteiger partial charge in [-0.2, -0.15) is 5.10 Å². The van der Waals surface area contributed by atoms with E-state index in [4.69, 9.17) is 4.74 Å². The Kier molecular flexibility index (Phi) is 4.44. The fourth-order valence-corrected chi connectivity index (χ4v) is 2.99. The van der Waals surface area contributed by atoms with Crippen molar-refractivity contribution >= 4 is 5.91 Å². The number of amides is 1. The molecule has 2 fully saturated rings. The first-order chi connectivity index (χ1) is 12.2. The molecule has 2 aliphatic rings. The smallest absolute Gasteiger partial charge is 0.272 e. The summed E-state index contributed by atoms with van der Waals surface area (Å²) in [7, 11) is 0. The molecule has 0 aromatic carbocycles. The summed E-state index contributed by atoms with van der Waals surface area (Å²) in [5, 5.41) is 7.19. The molecule has 2 aromatic heterocycles. The quantitative estimate of drug-likeness (QED) is 0.887. The molecular formula is C17H22N6O2. The van der Waals surface area contributed by atoms with Crippen LogP contribution in [-0.2, 0) is 11.2 Å². The summed E-state index contributed by atoms with van der Waals surface area (Å²) >= 11 is 0. The molecule has 4 rings (SSSR count). The lowest BCUT2D eigenvalue weighted by atomic mass is 10.2. The normalized spacial score (nSPS) is 20.7. The third-order valence-electron chi connectivity index (χ3n) is 4.51. The van der Waals surface area contributed by atoms with Crippen molar-refractivity contribution in [2.24, 2.45) is 0 Å². The molecule has 2 aromatic rings. The molecule has 1 aliphatic heterocycles. The lowest BCUT2D eigenvalue weighted by Gasteiger charge is -2.31. The van der Waals surface area contributed by atoms with E-state index in [9.17, 15) is 4.79 Å². The van der Waals surface area contributed by atoms with Crippen LogP contribution in [0, 0.1) is 0 Å².